The van der Waals surface area contributed by atoms with E-state index >= 15 is 0 Å². The molecule has 1 aliphatic rings. The fraction of sp³-hybridized carbons (Fsp3) is 0.267. The Morgan fingerprint density at radius 2 is 2.32 bits per heavy atom. The molecule has 1 amide bonds. The van der Waals surface area contributed by atoms with Gasteiger partial charge < -0.3 is 15.3 Å². The number of nitrogens with one attached hydrogen (secondary N) is 1. The molecule has 0 unspecified atom stereocenters. The van der Waals surface area contributed by atoms with Crippen LogP contribution in [0.4, 0.5) is 0 Å². The van der Waals surface area contributed by atoms with Crippen LogP contribution in [0.5, 0.6) is 0 Å². The summed E-state index contributed by atoms with van der Waals surface area (Å²) in [6.45, 7) is 8.55. The first kappa shape index (κ1) is 14.8. The van der Waals surface area contributed by atoms with Gasteiger partial charge in [-0.3, -0.25) is 4.79 Å². The molecule has 1 heterocycles. The third-order valence-corrected chi connectivity index (χ3v) is 2.73. The van der Waals surface area contributed by atoms with E-state index in [2.05, 4.69) is 11.9 Å². The lowest BCUT2D eigenvalue weighted by molar-refractivity contribution is -0.116. The van der Waals surface area contributed by atoms with E-state index in [-0.39, 0.29) is 11.8 Å². The maximum absolute atomic E-state index is 11.0. The summed E-state index contributed by atoms with van der Waals surface area (Å²) < 4.78 is 0. The predicted molar refractivity (Wildman–Crippen MR) is 77.3 cm³/mol. The minimum absolute atomic E-state index is 0.134. The Morgan fingerprint density at radius 3 is 2.79 bits per heavy atom. The topological polar surface area (TPSA) is 52.6 Å². The number of carbonyl (C=O) groups is 1. The van der Waals surface area contributed by atoms with Crippen LogP contribution in [0, 0.1) is 0 Å². The second kappa shape index (κ2) is 7.26. The molecule has 0 aromatic rings. The minimum Gasteiger partial charge on any atom is -0.494 e. The Kier molecular flexibility index (Phi) is 5.67. The number of carbonyl (C=O) groups excluding carboxylic acids is 1. The molecular formula is C15H20N2O2. The summed E-state index contributed by atoms with van der Waals surface area (Å²) in [7, 11) is 0. The molecule has 0 radical (unpaired) electrons. The number of nitrogens with zero attached hydrogens (tertiary/aromatic N) is 1. The van der Waals surface area contributed by atoms with Crippen LogP contribution in [0.25, 0.3) is 0 Å². The van der Waals surface area contributed by atoms with E-state index in [4.69, 9.17) is 0 Å². The van der Waals surface area contributed by atoms with Crippen LogP contribution >= 0.6 is 0 Å². The Morgan fingerprint density at radius 1 is 1.58 bits per heavy atom. The minimum atomic E-state index is -0.145. The van der Waals surface area contributed by atoms with E-state index in [1.165, 1.54) is 6.08 Å². The molecule has 4 nitrogen and oxygen atoms in total. The van der Waals surface area contributed by atoms with Gasteiger partial charge >= 0.3 is 0 Å². The second-order valence-corrected chi connectivity index (χ2v) is 3.97. The highest BCUT2D eigenvalue weighted by Crippen LogP contribution is 2.17. The van der Waals surface area contributed by atoms with Gasteiger partial charge in [-0.2, -0.15) is 0 Å². The molecular weight excluding hydrogens is 240 g/mol. The van der Waals surface area contributed by atoms with Crippen LogP contribution in [0.15, 0.2) is 60.2 Å². The van der Waals surface area contributed by atoms with Gasteiger partial charge in [0.25, 0.3) is 0 Å². The van der Waals surface area contributed by atoms with Crippen molar-refractivity contribution < 1.29 is 9.90 Å². The molecule has 0 bridgehead atoms. The number of amides is 1. The normalized spacial score (nSPS) is 18.4. The summed E-state index contributed by atoms with van der Waals surface area (Å²) in [5, 5.41) is 13.0. The van der Waals surface area contributed by atoms with Crippen molar-refractivity contribution in [2.75, 3.05) is 13.1 Å². The number of aliphatic hydroxyl groups is 1. The van der Waals surface area contributed by atoms with E-state index < -0.39 is 0 Å². The zero-order valence-electron chi connectivity index (χ0n) is 11.4. The van der Waals surface area contributed by atoms with Crippen molar-refractivity contribution in [3.8, 4) is 0 Å². The zero-order valence-corrected chi connectivity index (χ0v) is 11.4. The van der Waals surface area contributed by atoms with Crippen molar-refractivity contribution in [3.63, 3.8) is 0 Å². The molecule has 1 aliphatic heterocycles. The number of likely N-dealkylation sites (N-methyl/N-ethyl adjacent to an activating group) is 1. The van der Waals surface area contributed by atoms with Crippen molar-refractivity contribution in [2.24, 2.45) is 0 Å². The van der Waals surface area contributed by atoms with Gasteiger partial charge in [0.1, 0.15) is 0 Å². The quantitative estimate of drug-likeness (QED) is 0.589. The molecule has 0 spiro atoms. The first-order valence-corrected chi connectivity index (χ1v) is 6.25. The van der Waals surface area contributed by atoms with Crippen molar-refractivity contribution in [1.82, 2.24) is 10.2 Å². The van der Waals surface area contributed by atoms with Gasteiger partial charge in [0.2, 0.25) is 5.91 Å². The molecule has 0 aliphatic carbocycles. The molecule has 0 saturated carbocycles. The van der Waals surface area contributed by atoms with E-state index in [9.17, 15) is 9.90 Å². The van der Waals surface area contributed by atoms with Crippen molar-refractivity contribution in [1.29, 1.82) is 0 Å². The predicted octanol–water partition coefficient (Wildman–Crippen LogP) is 2.41. The molecule has 0 saturated heterocycles. The molecule has 2 N–H and O–H groups in total. The summed E-state index contributed by atoms with van der Waals surface area (Å²) in [6.07, 6.45) is 10.4. The average molecular weight is 260 g/mol. The lowest BCUT2D eigenvalue weighted by Crippen LogP contribution is -2.30. The molecule has 4 heteroatoms. The van der Waals surface area contributed by atoms with Crippen LogP contribution in [-0.4, -0.2) is 29.0 Å². The first-order valence-electron chi connectivity index (χ1n) is 6.25. The smallest absolute Gasteiger partial charge is 0.244 e. The molecule has 0 atom stereocenters. The van der Waals surface area contributed by atoms with Gasteiger partial charge in [-0.25, -0.2) is 0 Å². The van der Waals surface area contributed by atoms with Gasteiger partial charge in [-0.15, -0.1) is 0 Å². The number of hydrogen-bond donors (Lipinski definition) is 2. The van der Waals surface area contributed by atoms with Crippen LogP contribution < -0.4 is 5.32 Å². The monoisotopic (exact) mass is 260 g/mol. The zero-order chi connectivity index (χ0) is 14.3. The molecule has 0 aromatic heterocycles. The number of hydrogen-bond acceptors (Lipinski definition) is 3. The summed E-state index contributed by atoms with van der Waals surface area (Å²) in [6, 6.07) is 0. The summed E-state index contributed by atoms with van der Waals surface area (Å²) >= 11 is 0. The van der Waals surface area contributed by atoms with Crippen LogP contribution in [0.1, 0.15) is 13.8 Å². The average Bonchev–Trinajstić information content (AvgIpc) is 2.43. The van der Waals surface area contributed by atoms with E-state index in [0.29, 0.717) is 18.7 Å². The number of aliphatic hydroxyl groups excluding tert-OH is 1. The standard InChI is InChI=1S/C15H20N2O2/c1-4-7-8-13(5-2)17(6-3)15(19)12-9-10-14(18)16-11-12/h4-5,7-10,19H,2,6,11H2,1,3H3,(H,16,18)/b7-4-,13-8+,15-12?. The van der Waals surface area contributed by atoms with Gasteiger partial charge in [-0.05, 0) is 32.1 Å². The van der Waals surface area contributed by atoms with Gasteiger partial charge in [0.05, 0.1) is 0 Å². The highest BCUT2D eigenvalue weighted by molar-refractivity contribution is 5.89. The van der Waals surface area contributed by atoms with Crippen molar-refractivity contribution in [3.05, 3.63) is 60.2 Å². The van der Waals surface area contributed by atoms with Crippen molar-refractivity contribution >= 4 is 5.91 Å². The maximum Gasteiger partial charge on any atom is 0.244 e. The first-order chi connectivity index (χ1) is 9.13. The molecule has 0 aromatic carbocycles. The van der Waals surface area contributed by atoms with Crippen LogP contribution in [0.2, 0.25) is 0 Å². The largest absolute Gasteiger partial charge is 0.494 e. The summed E-state index contributed by atoms with van der Waals surface area (Å²) in [5.74, 6) is -0.0117. The molecule has 0 fully saturated rings. The Balaban J connectivity index is 3.08. The fourth-order valence-electron chi connectivity index (χ4n) is 1.72. The Labute approximate surface area is 114 Å². The number of allylic oxidation sites excluding steroid dienone is 4. The lowest BCUT2D eigenvalue weighted by Gasteiger charge is -2.25. The van der Waals surface area contributed by atoms with Gasteiger partial charge in [0.15, 0.2) is 5.88 Å². The second-order valence-electron chi connectivity index (χ2n) is 3.97. The highest BCUT2D eigenvalue weighted by Gasteiger charge is 2.16. The van der Waals surface area contributed by atoms with E-state index in [1.54, 1.807) is 17.1 Å². The Hall–Kier alpha value is -2.23. The molecule has 1 rings (SSSR count). The summed E-state index contributed by atoms with van der Waals surface area (Å²) in [5.41, 5.74) is 1.48. The third kappa shape index (κ3) is 3.88. The van der Waals surface area contributed by atoms with Gasteiger partial charge in [-0.1, -0.05) is 18.7 Å². The Bertz CT molecular complexity index is 471. The van der Waals surface area contributed by atoms with Crippen LogP contribution in [-0.2, 0) is 4.79 Å². The highest BCUT2D eigenvalue weighted by atomic mass is 16.3. The summed E-state index contributed by atoms with van der Waals surface area (Å²) in [4.78, 5) is 12.8. The van der Waals surface area contributed by atoms with E-state index in [0.717, 1.165) is 5.70 Å². The van der Waals surface area contributed by atoms with Crippen LogP contribution in [0.3, 0.4) is 0 Å². The molecule has 102 valence electrons. The molecule has 19 heavy (non-hydrogen) atoms. The fourth-order valence-corrected chi connectivity index (χ4v) is 1.72. The number of rotatable bonds is 5. The lowest BCUT2D eigenvalue weighted by atomic mass is 10.1. The third-order valence-electron chi connectivity index (χ3n) is 2.73. The van der Waals surface area contributed by atoms with Crippen molar-refractivity contribution in [2.45, 2.75) is 13.8 Å². The van der Waals surface area contributed by atoms with Gasteiger partial charge in [0, 0.05) is 30.4 Å². The SMILES string of the molecule is C=C/C(=C\C=C/C)N(CC)C(O)=C1C=CC(=O)NC1. The van der Waals surface area contributed by atoms with E-state index in [1.807, 2.05) is 32.1 Å². The maximum atomic E-state index is 11.0.